The molecule has 0 atom stereocenters. The highest BCUT2D eigenvalue weighted by Crippen LogP contribution is 2.21. The van der Waals surface area contributed by atoms with Gasteiger partial charge in [0.25, 0.3) is 0 Å². The molecule has 19 heavy (non-hydrogen) atoms. The maximum absolute atomic E-state index is 5.92. The molecule has 0 aliphatic heterocycles. The monoisotopic (exact) mass is 275 g/mol. The van der Waals surface area contributed by atoms with E-state index in [1.807, 2.05) is 12.1 Å². The van der Waals surface area contributed by atoms with Gasteiger partial charge >= 0.3 is 0 Å². The third kappa shape index (κ3) is 4.69. The van der Waals surface area contributed by atoms with Crippen molar-refractivity contribution < 1.29 is 4.74 Å². The molecule has 2 rings (SSSR count). The first-order valence-electron chi connectivity index (χ1n) is 6.53. The van der Waals surface area contributed by atoms with E-state index in [1.54, 1.807) is 11.3 Å². The summed E-state index contributed by atoms with van der Waals surface area (Å²) in [7, 11) is 0. The summed E-state index contributed by atoms with van der Waals surface area (Å²) in [5, 5.41) is 5.57. The van der Waals surface area contributed by atoms with Gasteiger partial charge in [0.2, 0.25) is 0 Å². The van der Waals surface area contributed by atoms with E-state index in [0.29, 0.717) is 6.61 Å². The molecule has 1 aromatic heterocycles. The standard InChI is InChI=1S/C16H21NOS/c1-16(2,3)17-11-13-7-4-5-9-15(13)18-12-14-8-6-10-19-14/h4-10,17H,11-12H2,1-3H3. The predicted molar refractivity (Wildman–Crippen MR) is 81.7 cm³/mol. The summed E-state index contributed by atoms with van der Waals surface area (Å²) in [5.41, 5.74) is 1.31. The highest BCUT2D eigenvalue weighted by molar-refractivity contribution is 7.09. The third-order valence-corrected chi connectivity index (χ3v) is 3.58. The molecule has 1 aromatic carbocycles. The van der Waals surface area contributed by atoms with Crippen LogP contribution in [0.2, 0.25) is 0 Å². The van der Waals surface area contributed by atoms with Crippen molar-refractivity contribution in [2.24, 2.45) is 0 Å². The SMILES string of the molecule is CC(C)(C)NCc1ccccc1OCc1cccs1. The van der Waals surface area contributed by atoms with Gasteiger partial charge in [0.15, 0.2) is 0 Å². The average Bonchev–Trinajstić information content (AvgIpc) is 2.87. The Morgan fingerprint density at radius 3 is 2.58 bits per heavy atom. The number of thiophene rings is 1. The summed E-state index contributed by atoms with van der Waals surface area (Å²) in [6.45, 7) is 7.97. The molecule has 0 amide bonds. The van der Waals surface area contributed by atoms with E-state index in [4.69, 9.17) is 4.74 Å². The Bertz CT molecular complexity index is 500. The van der Waals surface area contributed by atoms with Crippen molar-refractivity contribution in [1.29, 1.82) is 0 Å². The van der Waals surface area contributed by atoms with Gasteiger partial charge in [-0.2, -0.15) is 0 Å². The van der Waals surface area contributed by atoms with E-state index in [1.165, 1.54) is 10.4 Å². The number of rotatable bonds is 5. The molecule has 0 aliphatic rings. The zero-order chi connectivity index (χ0) is 13.7. The fourth-order valence-corrected chi connectivity index (χ4v) is 2.31. The largest absolute Gasteiger partial charge is 0.488 e. The smallest absolute Gasteiger partial charge is 0.124 e. The van der Waals surface area contributed by atoms with Crippen molar-refractivity contribution in [3.8, 4) is 5.75 Å². The van der Waals surface area contributed by atoms with Crippen molar-refractivity contribution >= 4 is 11.3 Å². The minimum atomic E-state index is 0.112. The van der Waals surface area contributed by atoms with Crippen molar-refractivity contribution in [1.82, 2.24) is 5.32 Å². The Morgan fingerprint density at radius 1 is 1.11 bits per heavy atom. The Labute approximate surface area is 119 Å². The van der Waals surface area contributed by atoms with Crippen LogP contribution in [0.15, 0.2) is 41.8 Å². The fourth-order valence-electron chi connectivity index (χ4n) is 1.69. The summed E-state index contributed by atoms with van der Waals surface area (Å²) in [4.78, 5) is 1.25. The predicted octanol–water partition coefficient (Wildman–Crippen LogP) is 4.22. The normalized spacial score (nSPS) is 11.5. The van der Waals surface area contributed by atoms with Gasteiger partial charge in [0.05, 0.1) is 0 Å². The quantitative estimate of drug-likeness (QED) is 0.882. The van der Waals surface area contributed by atoms with Crippen LogP contribution in [0, 0.1) is 0 Å². The van der Waals surface area contributed by atoms with Gasteiger partial charge in [-0.25, -0.2) is 0 Å². The second-order valence-corrected chi connectivity index (χ2v) is 6.61. The minimum absolute atomic E-state index is 0.112. The molecule has 1 N–H and O–H groups in total. The highest BCUT2D eigenvalue weighted by Gasteiger charge is 2.10. The van der Waals surface area contributed by atoms with Crippen LogP contribution in [0.25, 0.3) is 0 Å². The van der Waals surface area contributed by atoms with Crippen LogP contribution < -0.4 is 10.1 Å². The van der Waals surface area contributed by atoms with Gasteiger partial charge in [-0.15, -0.1) is 11.3 Å². The van der Waals surface area contributed by atoms with Gasteiger partial charge in [-0.3, -0.25) is 0 Å². The summed E-state index contributed by atoms with van der Waals surface area (Å²) in [6.07, 6.45) is 0. The second-order valence-electron chi connectivity index (χ2n) is 5.58. The Balaban J connectivity index is 1.99. The summed E-state index contributed by atoms with van der Waals surface area (Å²) < 4.78 is 5.92. The van der Waals surface area contributed by atoms with Crippen molar-refractivity contribution in [2.75, 3.05) is 0 Å². The fraction of sp³-hybridized carbons (Fsp3) is 0.375. The molecule has 0 aliphatic carbocycles. The molecule has 3 heteroatoms. The zero-order valence-corrected chi connectivity index (χ0v) is 12.6. The van der Waals surface area contributed by atoms with E-state index in [9.17, 15) is 0 Å². The Morgan fingerprint density at radius 2 is 1.89 bits per heavy atom. The maximum atomic E-state index is 5.92. The van der Waals surface area contributed by atoms with Crippen molar-refractivity contribution in [3.05, 3.63) is 52.2 Å². The molecule has 0 unspecified atom stereocenters. The van der Waals surface area contributed by atoms with E-state index in [-0.39, 0.29) is 5.54 Å². The summed E-state index contributed by atoms with van der Waals surface area (Å²) >= 11 is 1.73. The van der Waals surface area contributed by atoms with E-state index < -0.39 is 0 Å². The van der Waals surface area contributed by atoms with Gasteiger partial charge in [-0.05, 0) is 38.3 Å². The number of para-hydroxylation sites is 1. The van der Waals surface area contributed by atoms with Crippen molar-refractivity contribution in [2.45, 2.75) is 39.5 Å². The number of nitrogens with one attached hydrogen (secondary N) is 1. The molecule has 0 spiro atoms. The highest BCUT2D eigenvalue weighted by atomic mass is 32.1. The molecular weight excluding hydrogens is 254 g/mol. The lowest BCUT2D eigenvalue weighted by Gasteiger charge is -2.21. The first kappa shape index (κ1) is 14.1. The number of benzene rings is 1. The lowest BCUT2D eigenvalue weighted by Crippen LogP contribution is -2.35. The van der Waals surface area contributed by atoms with Gasteiger partial charge in [0, 0.05) is 22.5 Å². The van der Waals surface area contributed by atoms with Crippen LogP contribution in [0.5, 0.6) is 5.75 Å². The molecule has 2 aromatic rings. The van der Waals surface area contributed by atoms with Crippen LogP contribution in [-0.4, -0.2) is 5.54 Å². The molecule has 2 nitrogen and oxygen atoms in total. The molecule has 0 radical (unpaired) electrons. The number of hydrogen-bond acceptors (Lipinski definition) is 3. The van der Waals surface area contributed by atoms with Gasteiger partial charge in [-0.1, -0.05) is 24.3 Å². The van der Waals surface area contributed by atoms with E-state index in [2.05, 4.69) is 55.7 Å². The third-order valence-electron chi connectivity index (χ3n) is 2.73. The lowest BCUT2D eigenvalue weighted by atomic mass is 10.1. The Hall–Kier alpha value is -1.32. The molecular formula is C16H21NOS. The first-order valence-corrected chi connectivity index (χ1v) is 7.41. The molecule has 102 valence electrons. The molecule has 0 fully saturated rings. The molecule has 0 saturated heterocycles. The van der Waals surface area contributed by atoms with Crippen LogP contribution in [0.4, 0.5) is 0 Å². The number of hydrogen-bond donors (Lipinski definition) is 1. The van der Waals surface area contributed by atoms with Crippen LogP contribution >= 0.6 is 11.3 Å². The van der Waals surface area contributed by atoms with Crippen LogP contribution in [0.3, 0.4) is 0 Å². The summed E-state index contributed by atoms with van der Waals surface area (Å²) in [6, 6.07) is 12.4. The van der Waals surface area contributed by atoms with Gasteiger partial charge < -0.3 is 10.1 Å². The van der Waals surface area contributed by atoms with Gasteiger partial charge in [0.1, 0.15) is 12.4 Å². The van der Waals surface area contributed by atoms with Crippen LogP contribution in [0.1, 0.15) is 31.2 Å². The summed E-state index contributed by atoms with van der Waals surface area (Å²) in [5.74, 6) is 0.965. The second kappa shape index (κ2) is 6.22. The Kier molecular flexibility index (Phi) is 4.61. The average molecular weight is 275 g/mol. The first-order chi connectivity index (χ1) is 9.04. The molecule has 1 heterocycles. The van der Waals surface area contributed by atoms with E-state index in [0.717, 1.165) is 12.3 Å². The molecule has 0 bridgehead atoms. The maximum Gasteiger partial charge on any atom is 0.124 e. The zero-order valence-electron chi connectivity index (χ0n) is 11.8. The lowest BCUT2D eigenvalue weighted by molar-refractivity contribution is 0.303. The minimum Gasteiger partial charge on any atom is -0.488 e. The van der Waals surface area contributed by atoms with Crippen molar-refractivity contribution in [3.63, 3.8) is 0 Å². The number of ether oxygens (including phenoxy) is 1. The topological polar surface area (TPSA) is 21.3 Å². The molecule has 0 saturated carbocycles. The van der Waals surface area contributed by atoms with E-state index >= 15 is 0 Å². The van der Waals surface area contributed by atoms with Crippen LogP contribution in [-0.2, 0) is 13.2 Å².